The Morgan fingerprint density at radius 2 is 1.81 bits per heavy atom. The molecule has 9 heteroatoms. The number of nitrogens with two attached hydrogens (primary N) is 1. The van der Waals surface area contributed by atoms with Gasteiger partial charge in [0.15, 0.2) is 6.61 Å². The summed E-state index contributed by atoms with van der Waals surface area (Å²) < 4.78 is 5.13. The van der Waals surface area contributed by atoms with E-state index in [4.69, 9.17) is 10.5 Å². The first-order chi connectivity index (χ1) is 15.4. The van der Waals surface area contributed by atoms with Crippen LogP contribution in [0.5, 0.6) is 0 Å². The molecule has 0 saturated carbocycles. The topological polar surface area (TPSA) is 119 Å². The number of rotatable bonds is 7. The van der Waals surface area contributed by atoms with Crippen molar-refractivity contribution in [2.24, 2.45) is 5.73 Å². The molecule has 3 N–H and O–H groups in total. The van der Waals surface area contributed by atoms with E-state index in [1.807, 2.05) is 0 Å². The molecule has 8 nitrogen and oxygen atoms in total. The number of anilines is 1. The Balaban J connectivity index is 1.32. The van der Waals surface area contributed by atoms with Gasteiger partial charge in [-0.2, -0.15) is 0 Å². The van der Waals surface area contributed by atoms with Gasteiger partial charge in [-0.15, -0.1) is 11.3 Å². The molecule has 1 aliphatic carbocycles. The van der Waals surface area contributed by atoms with Crippen LogP contribution < -0.4 is 11.1 Å². The van der Waals surface area contributed by atoms with Crippen LogP contribution in [-0.4, -0.2) is 41.7 Å². The van der Waals surface area contributed by atoms with E-state index in [2.05, 4.69) is 5.32 Å². The third-order valence-electron chi connectivity index (χ3n) is 5.74. The number of ether oxygens (including phenoxy) is 1. The van der Waals surface area contributed by atoms with Crippen LogP contribution in [0.15, 0.2) is 24.3 Å². The van der Waals surface area contributed by atoms with Crippen molar-refractivity contribution < 1.29 is 23.9 Å². The number of nitrogens with zero attached hydrogens (tertiary/aromatic N) is 1. The van der Waals surface area contributed by atoms with Gasteiger partial charge in [0.25, 0.3) is 11.8 Å². The number of primary amides is 1. The predicted molar refractivity (Wildman–Crippen MR) is 119 cm³/mol. The SMILES string of the molecule is NC(=O)c1c(NC(=O)COC(=O)c2ccc(CN3CCCC3=O)cc2)sc2c1CCCC2. The van der Waals surface area contributed by atoms with E-state index in [0.717, 1.165) is 54.7 Å². The summed E-state index contributed by atoms with van der Waals surface area (Å²) in [4.78, 5) is 51.2. The van der Waals surface area contributed by atoms with Crippen LogP contribution in [-0.2, 0) is 33.7 Å². The van der Waals surface area contributed by atoms with Gasteiger partial charge in [-0.25, -0.2) is 4.79 Å². The smallest absolute Gasteiger partial charge is 0.338 e. The van der Waals surface area contributed by atoms with Gasteiger partial charge in [0.2, 0.25) is 5.91 Å². The van der Waals surface area contributed by atoms with E-state index in [9.17, 15) is 19.2 Å². The number of likely N-dealkylation sites (tertiary alicyclic amines) is 1. The first-order valence-corrected chi connectivity index (χ1v) is 11.5. The lowest BCUT2D eigenvalue weighted by Crippen LogP contribution is -2.24. The highest BCUT2D eigenvalue weighted by atomic mass is 32.1. The summed E-state index contributed by atoms with van der Waals surface area (Å²) in [6, 6.07) is 6.79. The van der Waals surface area contributed by atoms with Crippen molar-refractivity contribution in [1.82, 2.24) is 4.90 Å². The monoisotopic (exact) mass is 455 g/mol. The van der Waals surface area contributed by atoms with E-state index >= 15 is 0 Å². The fourth-order valence-electron chi connectivity index (χ4n) is 4.13. The van der Waals surface area contributed by atoms with Crippen LogP contribution in [0, 0.1) is 0 Å². The predicted octanol–water partition coefficient (Wildman–Crippen LogP) is 2.64. The molecule has 0 spiro atoms. The lowest BCUT2D eigenvalue weighted by molar-refractivity contribution is -0.128. The number of nitrogens with one attached hydrogen (secondary N) is 1. The summed E-state index contributed by atoms with van der Waals surface area (Å²) >= 11 is 1.36. The zero-order valence-corrected chi connectivity index (χ0v) is 18.5. The highest BCUT2D eigenvalue weighted by Crippen LogP contribution is 2.37. The first kappa shape index (κ1) is 22.0. The van der Waals surface area contributed by atoms with E-state index in [1.54, 1.807) is 29.2 Å². The summed E-state index contributed by atoms with van der Waals surface area (Å²) in [6.07, 6.45) is 5.14. The highest BCUT2D eigenvalue weighted by Gasteiger charge is 2.25. The van der Waals surface area contributed by atoms with Crippen molar-refractivity contribution in [2.45, 2.75) is 45.1 Å². The fourth-order valence-corrected chi connectivity index (χ4v) is 5.44. The molecule has 1 saturated heterocycles. The Hall–Kier alpha value is -3.20. The third-order valence-corrected chi connectivity index (χ3v) is 6.95. The Morgan fingerprint density at radius 1 is 1.06 bits per heavy atom. The Bertz CT molecular complexity index is 1060. The summed E-state index contributed by atoms with van der Waals surface area (Å²) in [7, 11) is 0. The standard InChI is InChI=1S/C23H25N3O5S/c24-21(29)20-16-4-1-2-5-17(16)32-22(20)25-18(27)13-31-23(30)15-9-7-14(8-10-15)12-26-11-3-6-19(26)28/h7-10H,1-6,11-13H2,(H2,24,29)(H,25,27). The second-order valence-corrected chi connectivity index (χ2v) is 9.12. The van der Waals surface area contributed by atoms with Gasteiger partial charge in [-0.05, 0) is 55.4 Å². The largest absolute Gasteiger partial charge is 0.452 e. The number of aryl methyl sites for hydroxylation is 1. The van der Waals surface area contributed by atoms with Gasteiger partial charge in [0, 0.05) is 24.4 Å². The van der Waals surface area contributed by atoms with Gasteiger partial charge in [-0.3, -0.25) is 14.4 Å². The molecule has 2 aromatic rings. The maximum absolute atomic E-state index is 12.3. The van der Waals surface area contributed by atoms with E-state index in [-0.39, 0.29) is 5.91 Å². The van der Waals surface area contributed by atoms with Gasteiger partial charge in [0.1, 0.15) is 5.00 Å². The summed E-state index contributed by atoms with van der Waals surface area (Å²) in [5.74, 6) is -1.56. The molecular formula is C23H25N3O5S. The lowest BCUT2D eigenvalue weighted by atomic mass is 9.95. The minimum absolute atomic E-state index is 0.144. The number of fused-ring (bicyclic) bond motifs is 1. The minimum atomic E-state index is -0.621. The van der Waals surface area contributed by atoms with Gasteiger partial charge < -0.3 is 20.7 Å². The van der Waals surface area contributed by atoms with Crippen molar-refractivity contribution in [3.05, 3.63) is 51.4 Å². The van der Waals surface area contributed by atoms with Crippen LogP contribution in [0.25, 0.3) is 0 Å². The molecule has 0 unspecified atom stereocenters. The van der Waals surface area contributed by atoms with Crippen LogP contribution in [0.1, 0.15) is 62.4 Å². The fraction of sp³-hybridized carbons (Fsp3) is 0.391. The molecule has 4 rings (SSSR count). The number of hydrogen-bond donors (Lipinski definition) is 2. The second-order valence-electron chi connectivity index (χ2n) is 8.02. The molecule has 32 heavy (non-hydrogen) atoms. The third kappa shape index (κ3) is 4.83. The zero-order chi connectivity index (χ0) is 22.7. The summed E-state index contributed by atoms with van der Waals surface area (Å²) in [6.45, 7) is 0.801. The quantitative estimate of drug-likeness (QED) is 0.622. The molecule has 2 aliphatic rings. The number of amides is 3. The van der Waals surface area contributed by atoms with Gasteiger partial charge in [0.05, 0.1) is 11.1 Å². The number of esters is 1. The van der Waals surface area contributed by atoms with E-state index < -0.39 is 24.4 Å². The van der Waals surface area contributed by atoms with Crippen LogP contribution >= 0.6 is 11.3 Å². The normalized spacial score (nSPS) is 15.4. The number of hydrogen-bond acceptors (Lipinski definition) is 6. The maximum atomic E-state index is 12.3. The average Bonchev–Trinajstić information content (AvgIpc) is 3.35. The molecule has 1 fully saturated rings. The summed E-state index contributed by atoms with van der Waals surface area (Å²) in [5.41, 5.74) is 8.08. The van der Waals surface area contributed by atoms with E-state index in [1.165, 1.54) is 11.3 Å². The van der Waals surface area contributed by atoms with Crippen LogP contribution in [0.4, 0.5) is 5.00 Å². The molecule has 3 amide bonds. The Labute approximate surface area is 189 Å². The minimum Gasteiger partial charge on any atom is -0.452 e. The molecule has 0 atom stereocenters. The number of carbonyl (C=O) groups excluding carboxylic acids is 4. The second kappa shape index (κ2) is 9.52. The molecule has 1 aromatic heterocycles. The van der Waals surface area contributed by atoms with Gasteiger partial charge in [-0.1, -0.05) is 12.1 Å². The maximum Gasteiger partial charge on any atom is 0.338 e. The summed E-state index contributed by atoms with van der Waals surface area (Å²) in [5, 5.41) is 3.10. The molecular weight excluding hydrogens is 430 g/mol. The number of benzene rings is 1. The zero-order valence-electron chi connectivity index (χ0n) is 17.6. The Morgan fingerprint density at radius 3 is 2.50 bits per heavy atom. The first-order valence-electron chi connectivity index (χ1n) is 10.7. The molecule has 0 radical (unpaired) electrons. The van der Waals surface area contributed by atoms with Crippen molar-refractivity contribution in [3.63, 3.8) is 0 Å². The number of carbonyl (C=O) groups is 4. The molecule has 2 heterocycles. The molecule has 1 aromatic carbocycles. The van der Waals surface area contributed by atoms with E-state index in [0.29, 0.717) is 29.1 Å². The average molecular weight is 456 g/mol. The van der Waals surface area contributed by atoms with Gasteiger partial charge >= 0.3 is 5.97 Å². The highest BCUT2D eigenvalue weighted by molar-refractivity contribution is 7.17. The van der Waals surface area contributed by atoms with Crippen molar-refractivity contribution in [2.75, 3.05) is 18.5 Å². The molecule has 0 bridgehead atoms. The molecule has 1 aliphatic heterocycles. The van der Waals surface area contributed by atoms with Crippen LogP contribution in [0.3, 0.4) is 0 Å². The Kier molecular flexibility index (Phi) is 6.55. The number of thiophene rings is 1. The molecule has 168 valence electrons. The lowest BCUT2D eigenvalue weighted by Gasteiger charge is -2.15. The van der Waals surface area contributed by atoms with Crippen molar-refractivity contribution in [3.8, 4) is 0 Å². The van der Waals surface area contributed by atoms with Crippen molar-refractivity contribution >= 4 is 40.0 Å². The van der Waals surface area contributed by atoms with Crippen LogP contribution in [0.2, 0.25) is 0 Å². The van der Waals surface area contributed by atoms with Crippen molar-refractivity contribution in [1.29, 1.82) is 0 Å².